The van der Waals surface area contributed by atoms with Gasteiger partial charge in [0.25, 0.3) is 0 Å². The summed E-state index contributed by atoms with van der Waals surface area (Å²) in [4.78, 5) is 7.22. The van der Waals surface area contributed by atoms with Gasteiger partial charge in [-0.2, -0.15) is 0 Å². The molecule has 1 spiro atoms. The number of likely N-dealkylation sites (N-methyl/N-ethyl adjacent to an activating group) is 1. The van der Waals surface area contributed by atoms with Gasteiger partial charge in [0, 0.05) is 18.1 Å². The van der Waals surface area contributed by atoms with Crippen LogP contribution in [-0.2, 0) is 5.41 Å². The first kappa shape index (κ1) is 20.9. The standard InChI is InChI=1S/C28H32N2O2/c1-5-6-7-10-17-31-21-15-13-20-14-16-25-26(22(20)18-21)29-19-28(32-25)27(2,3)23-11-8-9-12-24(23)30(28)4/h8-9,11-16,18-19H,5-7,10,17H2,1-4H3. The summed E-state index contributed by atoms with van der Waals surface area (Å²) in [6.07, 6.45) is 6.79. The van der Waals surface area contributed by atoms with Crippen molar-refractivity contribution in [2.45, 2.75) is 57.6 Å². The van der Waals surface area contributed by atoms with Gasteiger partial charge in [0.05, 0.1) is 18.2 Å². The molecule has 5 rings (SSSR count). The quantitative estimate of drug-likeness (QED) is 0.396. The van der Waals surface area contributed by atoms with Crippen LogP contribution in [-0.4, -0.2) is 25.6 Å². The van der Waals surface area contributed by atoms with Crippen LogP contribution in [0.4, 0.5) is 11.4 Å². The van der Waals surface area contributed by atoms with E-state index in [0.717, 1.165) is 41.0 Å². The average Bonchev–Trinajstić information content (AvgIpc) is 2.97. The van der Waals surface area contributed by atoms with Crippen LogP contribution in [0.1, 0.15) is 52.0 Å². The maximum Gasteiger partial charge on any atom is 0.228 e. The lowest BCUT2D eigenvalue weighted by Crippen LogP contribution is -2.61. The van der Waals surface area contributed by atoms with Crippen molar-refractivity contribution in [2.24, 2.45) is 4.99 Å². The Morgan fingerprint density at radius 2 is 1.81 bits per heavy atom. The van der Waals surface area contributed by atoms with Gasteiger partial charge in [-0.25, -0.2) is 0 Å². The summed E-state index contributed by atoms with van der Waals surface area (Å²) in [5.74, 6) is 1.71. The lowest BCUT2D eigenvalue weighted by atomic mass is 9.77. The lowest BCUT2D eigenvalue weighted by molar-refractivity contribution is 0.0826. The molecule has 0 saturated heterocycles. The smallest absolute Gasteiger partial charge is 0.228 e. The van der Waals surface area contributed by atoms with Crippen molar-refractivity contribution in [2.75, 3.05) is 18.6 Å². The molecule has 3 aromatic carbocycles. The van der Waals surface area contributed by atoms with Crippen molar-refractivity contribution >= 4 is 28.4 Å². The molecule has 2 aliphatic rings. The summed E-state index contributed by atoms with van der Waals surface area (Å²) in [6, 6.07) is 18.9. The van der Waals surface area contributed by atoms with Crippen LogP contribution in [0.15, 0.2) is 59.6 Å². The molecule has 0 bridgehead atoms. The number of anilines is 1. The second kappa shape index (κ2) is 7.84. The second-order valence-corrected chi connectivity index (χ2v) is 9.46. The highest BCUT2D eigenvalue weighted by atomic mass is 16.5. The number of rotatable bonds is 6. The van der Waals surface area contributed by atoms with Crippen LogP contribution < -0.4 is 14.4 Å². The largest absolute Gasteiger partial charge is 0.494 e. The third kappa shape index (κ3) is 3.08. The maximum atomic E-state index is 6.80. The molecule has 32 heavy (non-hydrogen) atoms. The molecule has 0 aliphatic carbocycles. The molecule has 1 atom stereocenters. The van der Waals surface area contributed by atoms with Crippen molar-refractivity contribution < 1.29 is 9.47 Å². The van der Waals surface area contributed by atoms with Crippen molar-refractivity contribution in [1.82, 2.24) is 0 Å². The number of unbranched alkanes of at least 4 members (excludes halogenated alkanes) is 3. The molecule has 0 amide bonds. The zero-order valence-corrected chi connectivity index (χ0v) is 19.5. The van der Waals surface area contributed by atoms with Crippen molar-refractivity contribution in [3.05, 3.63) is 60.2 Å². The first-order valence-electron chi connectivity index (χ1n) is 11.7. The predicted molar refractivity (Wildman–Crippen MR) is 133 cm³/mol. The molecular formula is C28H32N2O2. The molecule has 3 aromatic rings. The number of hydrogen-bond acceptors (Lipinski definition) is 4. The van der Waals surface area contributed by atoms with Gasteiger partial charge in [-0.3, -0.25) is 4.99 Å². The minimum absolute atomic E-state index is 0.252. The third-order valence-electron chi connectivity index (χ3n) is 7.16. The Labute approximate surface area is 190 Å². The van der Waals surface area contributed by atoms with Crippen LogP contribution in [0.2, 0.25) is 0 Å². The van der Waals surface area contributed by atoms with Gasteiger partial charge in [-0.1, -0.05) is 56.5 Å². The summed E-state index contributed by atoms with van der Waals surface area (Å²) in [7, 11) is 2.09. The molecule has 4 nitrogen and oxygen atoms in total. The first-order valence-corrected chi connectivity index (χ1v) is 11.7. The number of aliphatic imine (C=N–C) groups is 1. The zero-order chi connectivity index (χ0) is 22.3. The van der Waals surface area contributed by atoms with E-state index in [-0.39, 0.29) is 5.41 Å². The van der Waals surface area contributed by atoms with E-state index < -0.39 is 5.72 Å². The Kier molecular flexibility index (Phi) is 5.11. The fourth-order valence-corrected chi connectivity index (χ4v) is 5.16. The number of fused-ring (bicyclic) bond motifs is 4. The third-order valence-corrected chi connectivity index (χ3v) is 7.16. The molecule has 166 valence electrons. The molecular weight excluding hydrogens is 396 g/mol. The second-order valence-electron chi connectivity index (χ2n) is 9.46. The Balaban J connectivity index is 1.48. The maximum absolute atomic E-state index is 6.80. The van der Waals surface area contributed by atoms with E-state index in [0.29, 0.717) is 0 Å². The summed E-state index contributed by atoms with van der Waals surface area (Å²) in [5.41, 5.74) is 2.43. The van der Waals surface area contributed by atoms with E-state index in [9.17, 15) is 0 Å². The molecule has 4 heteroatoms. The minimum Gasteiger partial charge on any atom is -0.494 e. The lowest BCUT2D eigenvalue weighted by Gasteiger charge is -2.45. The number of nitrogens with zero attached hydrogens (tertiary/aromatic N) is 2. The van der Waals surface area contributed by atoms with Gasteiger partial charge in [0.1, 0.15) is 17.2 Å². The van der Waals surface area contributed by atoms with Crippen LogP contribution in [0, 0.1) is 0 Å². The van der Waals surface area contributed by atoms with Crippen LogP contribution in [0.25, 0.3) is 10.8 Å². The van der Waals surface area contributed by atoms with E-state index in [4.69, 9.17) is 14.5 Å². The summed E-state index contributed by atoms with van der Waals surface area (Å²) in [6.45, 7) is 7.44. The number of para-hydroxylation sites is 1. The van der Waals surface area contributed by atoms with E-state index in [1.165, 1.54) is 30.5 Å². The number of ether oxygens (including phenoxy) is 2. The monoisotopic (exact) mass is 428 g/mol. The highest BCUT2D eigenvalue weighted by molar-refractivity contribution is 6.00. The highest BCUT2D eigenvalue weighted by Gasteiger charge is 2.58. The average molecular weight is 429 g/mol. The topological polar surface area (TPSA) is 34.1 Å². The molecule has 0 fully saturated rings. The molecule has 2 heterocycles. The number of benzene rings is 3. The Bertz CT molecular complexity index is 1180. The predicted octanol–water partition coefficient (Wildman–Crippen LogP) is 7.02. The zero-order valence-electron chi connectivity index (χ0n) is 19.5. The normalized spacial score (nSPS) is 20.3. The van der Waals surface area contributed by atoms with E-state index in [1.54, 1.807) is 0 Å². The van der Waals surface area contributed by atoms with Crippen molar-refractivity contribution in [3.8, 4) is 11.5 Å². The Morgan fingerprint density at radius 1 is 1.00 bits per heavy atom. The van der Waals surface area contributed by atoms with Crippen LogP contribution in [0.3, 0.4) is 0 Å². The SMILES string of the molecule is CCCCCCOc1ccc2ccc3c(c2c1)N=CC1(O3)N(C)c2ccccc2C1(C)C. The van der Waals surface area contributed by atoms with Gasteiger partial charge >= 0.3 is 0 Å². The first-order chi connectivity index (χ1) is 15.5. The summed E-state index contributed by atoms with van der Waals surface area (Å²) >= 11 is 0. The summed E-state index contributed by atoms with van der Waals surface area (Å²) in [5, 5.41) is 2.21. The molecule has 1 unspecified atom stereocenters. The van der Waals surface area contributed by atoms with Gasteiger partial charge in [0.2, 0.25) is 5.72 Å². The molecule has 0 saturated carbocycles. The van der Waals surface area contributed by atoms with E-state index in [1.807, 2.05) is 18.3 Å². The molecule has 0 aromatic heterocycles. The van der Waals surface area contributed by atoms with Gasteiger partial charge < -0.3 is 14.4 Å². The van der Waals surface area contributed by atoms with Crippen molar-refractivity contribution in [1.29, 1.82) is 0 Å². The highest BCUT2D eigenvalue weighted by Crippen LogP contribution is 2.54. The molecule has 0 radical (unpaired) electrons. The van der Waals surface area contributed by atoms with E-state index in [2.05, 4.69) is 75.2 Å². The molecule has 0 N–H and O–H groups in total. The fraction of sp³-hybridized carbons (Fsp3) is 0.393. The van der Waals surface area contributed by atoms with Gasteiger partial charge in [-0.15, -0.1) is 0 Å². The van der Waals surface area contributed by atoms with Crippen LogP contribution >= 0.6 is 0 Å². The molecule has 2 aliphatic heterocycles. The van der Waals surface area contributed by atoms with Gasteiger partial charge in [0.15, 0.2) is 0 Å². The fourth-order valence-electron chi connectivity index (χ4n) is 5.16. The van der Waals surface area contributed by atoms with E-state index >= 15 is 0 Å². The Morgan fingerprint density at radius 3 is 2.62 bits per heavy atom. The van der Waals surface area contributed by atoms with Gasteiger partial charge in [-0.05, 0) is 55.5 Å². The number of hydrogen-bond donors (Lipinski definition) is 0. The van der Waals surface area contributed by atoms with Crippen molar-refractivity contribution in [3.63, 3.8) is 0 Å². The Hall–Kier alpha value is -3.01. The minimum atomic E-state index is -0.662. The van der Waals surface area contributed by atoms with Crippen LogP contribution in [0.5, 0.6) is 11.5 Å². The summed E-state index contributed by atoms with van der Waals surface area (Å²) < 4.78 is 12.8.